The van der Waals surface area contributed by atoms with Crippen LogP contribution in [0, 0.1) is 0 Å². The molecule has 1 aliphatic carbocycles. The highest BCUT2D eigenvalue weighted by Crippen LogP contribution is 2.18. The predicted octanol–water partition coefficient (Wildman–Crippen LogP) is 2.33. The van der Waals surface area contributed by atoms with Gasteiger partial charge in [-0.3, -0.25) is 4.79 Å². The molecule has 18 heavy (non-hydrogen) atoms. The van der Waals surface area contributed by atoms with Crippen LogP contribution in [0.2, 0.25) is 0 Å². The quantitative estimate of drug-likeness (QED) is 0.674. The van der Waals surface area contributed by atoms with Crippen molar-refractivity contribution in [1.29, 1.82) is 0 Å². The Morgan fingerprint density at radius 1 is 1.33 bits per heavy atom. The van der Waals surface area contributed by atoms with Crippen LogP contribution >= 0.6 is 11.3 Å². The third-order valence-electron chi connectivity index (χ3n) is 3.09. The van der Waals surface area contributed by atoms with Crippen LogP contribution in [0.4, 0.5) is 0 Å². The van der Waals surface area contributed by atoms with E-state index >= 15 is 0 Å². The molecule has 0 radical (unpaired) electrons. The van der Waals surface area contributed by atoms with Crippen LogP contribution in [0.1, 0.15) is 37.0 Å². The number of hydrogen-bond donors (Lipinski definition) is 2. The van der Waals surface area contributed by atoms with Crippen LogP contribution in [0.15, 0.2) is 17.5 Å². The van der Waals surface area contributed by atoms with Crippen molar-refractivity contribution in [1.82, 2.24) is 10.6 Å². The third-order valence-corrected chi connectivity index (χ3v) is 4.03. The van der Waals surface area contributed by atoms with Gasteiger partial charge in [-0.2, -0.15) is 0 Å². The lowest BCUT2D eigenvalue weighted by atomic mass is 10.2. The van der Waals surface area contributed by atoms with Crippen LogP contribution in [0.5, 0.6) is 0 Å². The van der Waals surface area contributed by atoms with Gasteiger partial charge in [0.15, 0.2) is 0 Å². The SMILES string of the molecule is O=C(CCCc1cccs1)NCCCNC1CC1. The average Bonchev–Trinajstić information content (AvgIpc) is 3.04. The van der Waals surface area contributed by atoms with E-state index in [4.69, 9.17) is 0 Å². The molecule has 0 atom stereocenters. The van der Waals surface area contributed by atoms with E-state index in [-0.39, 0.29) is 5.91 Å². The molecule has 1 aromatic rings. The molecule has 1 saturated carbocycles. The minimum atomic E-state index is 0.193. The summed E-state index contributed by atoms with van der Waals surface area (Å²) >= 11 is 1.77. The highest BCUT2D eigenvalue weighted by molar-refractivity contribution is 7.09. The van der Waals surface area contributed by atoms with Gasteiger partial charge in [-0.15, -0.1) is 11.3 Å². The second-order valence-corrected chi connectivity index (χ2v) is 5.90. The topological polar surface area (TPSA) is 41.1 Å². The summed E-state index contributed by atoms with van der Waals surface area (Å²) in [5, 5.41) is 8.51. The molecule has 1 aliphatic rings. The average molecular weight is 266 g/mol. The number of carbonyl (C=O) groups is 1. The number of amides is 1. The molecule has 2 N–H and O–H groups in total. The highest BCUT2D eigenvalue weighted by atomic mass is 32.1. The number of rotatable bonds is 9. The van der Waals surface area contributed by atoms with Gasteiger partial charge in [0.25, 0.3) is 0 Å². The van der Waals surface area contributed by atoms with Gasteiger partial charge in [-0.1, -0.05) is 6.07 Å². The molecule has 0 spiro atoms. The fraction of sp³-hybridized carbons (Fsp3) is 0.643. The molecule has 0 aliphatic heterocycles. The van der Waals surface area contributed by atoms with Crippen molar-refractivity contribution in [2.45, 2.75) is 44.6 Å². The Morgan fingerprint density at radius 3 is 2.94 bits per heavy atom. The first kappa shape index (κ1) is 13.6. The van der Waals surface area contributed by atoms with Crippen molar-refractivity contribution in [2.75, 3.05) is 13.1 Å². The minimum Gasteiger partial charge on any atom is -0.356 e. The number of thiophene rings is 1. The fourth-order valence-electron chi connectivity index (χ4n) is 1.88. The summed E-state index contributed by atoms with van der Waals surface area (Å²) in [5.41, 5.74) is 0. The molecular weight excluding hydrogens is 244 g/mol. The Morgan fingerprint density at radius 2 is 2.22 bits per heavy atom. The van der Waals surface area contributed by atoms with E-state index in [1.54, 1.807) is 11.3 Å². The van der Waals surface area contributed by atoms with Gasteiger partial charge in [0, 0.05) is 23.9 Å². The van der Waals surface area contributed by atoms with Crippen LogP contribution in [-0.2, 0) is 11.2 Å². The fourth-order valence-corrected chi connectivity index (χ4v) is 2.63. The zero-order valence-corrected chi connectivity index (χ0v) is 11.6. The normalized spacial score (nSPS) is 14.7. The second kappa shape index (κ2) is 7.54. The van der Waals surface area contributed by atoms with E-state index in [0.717, 1.165) is 38.4 Å². The van der Waals surface area contributed by atoms with Crippen LogP contribution in [0.3, 0.4) is 0 Å². The Kier molecular flexibility index (Phi) is 5.68. The molecule has 0 unspecified atom stereocenters. The summed E-state index contributed by atoms with van der Waals surface area (Å²) in [4.78, 5) is 12.9. The Hall–Kier alpha value is -0.870. The lowest BCUT2D eigenvalue weighted by Crippen LogP contribution is -2.27. The summed E-state index contributed by atoms with van der Waals surface area (Å²) in [5.74, 6) is 0.193. The summed E-state index contributed by atoms with van der Waals surface area (Å²) in [6.07, 6.45) is 6.31. The molecule has 100 valence electrons. The highest BCUT2D eigenvalue weighted by Gasteiger charge is 2.19. The van der Waals surface area contributed by atoms with Gasteiger partial charge in [0.05, 0.1) is 0 Å². The molecular formula is C14H22N2OS. The predicted molar refractivity (Wildman–Crippen MR) is 75.9 cm³/mol. The largest absolute Gasteiger partial charge is 0.356 e. The van der Waals surface area contributed by atoms with Crippen molar-refractivity contribution >= 4 is 17.2 Å². The first-order valence-corrected chi connectivity index (χ1v) is 7.75. The Labute approximate surface area is 113 Å². The summed E-state index contributed by atoms with van der Waals surface area (Å²) in [6.45, 7) is 1.83. The number of hydrogen-bond acceptors (Lipinski definition) is 3. The van der Waals surface area contributed by atoms with Gasteiger partial charge in [-0.25, -0.2) is 0 Å². The zero-order valence-electron chi connectivity index (χ0n) is 10.8. The molecule has 2 rings (SSSR count). The molecule has 0 aromatic carbocycles. The van der Waals surface area contributed by atoms with E-state index in [0.29, 0.717) is 6.42 Å². The van der Waals surface area contributed by atoms with Crippen molar-refractivity contribution < 1.29 is 4.79 Å². The lowest BCUT2D eigenvalue weighted by molar-refractivity contribution is -0.121. The van der Waals surface area contributed by atoms with Gasteiger partial charge in [0.2, 0.25) is 5.91 Å². The van der Waals surface area contributed by atoms with Crippen molar-refractivity contribution in [3.05, 3.63) is 22.4 Å². The zero-order chi connectivity index (χ0) is 12.6. The summed E-state index contributed by atoms with van der Waals surface area (Å²) < 4.78 is 0. The van der Waals surface area contributed by atoms with Gasteiger partial charge in [0.1, 0.15) is 0 Å². The first-order chi connectivity index (χ1) is 8.84. The van der Waals surface area contributed by atoms with Gasteiger partial charge in [-0.05, 0) is 50.1 Å². The van der Waals surface area contributed by atoms with Crippen LogP contribution < -0.4 is 10.6 Å². The molecule has 4 heteroatoms. The molecule has 3 nitrogen and oxygen atoms in total. The summed E-state index contributed by atoms with van der Waals surface area (Å²) in [7, 11) is 0. The maximum atomic E-state index is 11.6. The molecule has 1 aromatic heterocycles. The first-order valence-electron chi connectivity index (χ1n) is 6.87. The van der Waals surface area contributed by atoms with Crippen LogP contribution in [-0.4, -0.2) is 25.0 Å². The van der Waals surface area contributed by atoms with Gasteiger partial charge < -0.3 is 10.6 Å². The Balaban J connectivity index is 1.42. The van der Waals surface area contributed by atoms with E-state index in [9.17, 15) is 4.79 Å². The van der Waals surface area contributed by atoms with Crippen molar-refractivity contribution in [3.8, 4) is 0 Å². The van der Waals surface area contributed by atoms with E-state index < -0.39 is 0 Å². The summed E-state index contributed by atoms with van der Waals surface area (Å²) in [6, 6.07) is 4.96. The van der Waals surface area contributed by atoms with E-state index in [1.165, 1.54) is 17.7 Å². The molecule has 1 heterocycles. The van der Waals surface area contributed by atoms with Crippen LogP contribution in [0.25, 0.3) is 0 Å². The minimum absolute atomic E-state index is 0.193. The maximum absolute atomic E-state index is 11.6. The molecule has 0 saturated heterocycles. The van der Waals surface area contributed by atoms with E-state index in [2.05, 4.69) is 28.1 Å². The molecule has 1 amide bonds. The van der Waals surface area contributed by atoms with Crippen molar-refractivity contribution in [3.63, 3.8) is 0 Å². The van der Waals surface area contributed by atoms with Gasteiger partial charge >= 0.3 is 0 Å². The number of nitrogens with one attached hydrogen (secondary N) is 2. The monoisotopic (exact) mass is 266 g/mol. The maximum Gasteiger partial charge on any atom is 0.220 e. The lowest BCUT2D eigenvalue weighted by Gasteiger charge is -2.05. The molecule has 1 fully saturated rings. The number of carbonyl (C=O) groups excluding carboxylic acids is 1. The van der Waals surface area contributed by atoms with E-state index in [1.807, 2.05) is 0 Å². The second-order valence-electron chi connectivity index (χ2n) is 4.86. The van der Waals surface area contributed by atoms with Crippen molar-refractivity contribution in [2.24, 2.45) is 0 Å². The Bertz CT molecular complexity index is 347. The standard InChI is InChI=1S/C14H22N2OS/c17-14(6-1-4-13-5-2-11-18-13)16-10-3-9-15-12-7-8-12/h2,5,11-12,15H,1,3-4,6-10H2,(H,16,17). The molecule has 0 bridgehead atoms. The smallest absolute Gasteiger partial charge is 0.220 e. The third kappa shape index (κ3) is 5.65. The number of aryl methyl sites for hydroxylation is 1.